The Hall–Kier alpha value is -0.460. The van der Waals surface area contributed by atoms with Crippen molar-refractivity contribution in [2.75, 3.05) is 0 Å². The van der Waals surface area contributed by atoms with Gasteiger partial charge in [-0.25, -0.2) is 9.82 Å². The monoisotopic (exact) mass is 334 g/mol. The highest BCUT2D eigenvalue weighted by atomic mass is 79.9. The lowest BCUT2D eigenvalue weighted by molar-refractivity contribution is 0.608. The van der Waals surface area contributed by atoms with Crippen LogP contribution in [0, 0.1) is 5.82 Å². The van der Waals surface area contributed by atoms with Crippen LogP contribution in [0.1, 0.15) is 16.5 Å². The number of hydrogen-bond donors (Lipinski definition) is 2. The largest absolute Gasteiger partial charge is 0.271 e. The zero-order valence-corrected chi connectivity index (χ0v) is 11.7. The summed E-state index contributed by atoms with van der Waals surface area (Å²) in [5.41, 5.74) is 3.28. The van der Waals surface area contributed by atoms with Gasteiger partial charge in [-0.1, -0.05) is 11.6 Å². The highest BCUT2D eigenvalue weighted by Crippen LogP contribution is 2.35. The molecule has 0 aliphatic carbocycles. The Bertz CT molecular complexity index is 532. The smallest absolute Gasteiger partial charge is 0.123 e. The maximum atomic E-state index is 13.3. The first-order chi connectivity index (χ1) is 8.13. The molecule has 1 aromatic carbocycles. The molecule has 1 unspecified atom stereocenters. The van der Waals surface area contributed by atoms with E-state index >= 15 is 0 Å². The van der Waals surface area contributed by atoms with Crippen LogP contribution in [0.5, 0.6) is 0 Å². The van der Waals surface area contributed by atoms with Crippen LogP contribution in [0.4, 0.5) is 4.39 Å². The van der Waals surface area contributed by atoms with Gasteiger partial charge in [-0.3, -0.25) is 5.84 Å². The molecular weight excluding hydrogens is 327 g/mol. The third-order valence-electron chi connectivity index (χ3n) is 2.34. The van der Waals surface area contributed by atoms with Gasteiger partial charge in [-0.2, -0.15) is 0 Å². The molecule has 90 valence electrons. The van der Waals surface area contributed by atoms with Crippen molar-refractivity contribution in [1.29, 1.82) is 0 Å². The van der Waals surface area contributed by atoms with Gasteiger partial charge in [-0.05, 0) is 51.1 Å². The van der Waals surface area contributed by atoms with Crippen LogP contribution in [0.3, 0.4) is 0 Å². The first-order valence-electron chi connectivity index (χ1n) is 4.77. The third kappa shape index (κ3) is 2.69. The Morgan fingerprint density at radius 3 is 2.76 bits per heavy atom. The molecule has 0 amide bonds. The molecular formula is C11H9BrClFN2S. The second-order valence-corrected chi connectivity index (χ2v) is 5.61. The van der Waals surface area contributed by atoms with Gasteiger partial charge in [0.2, 0.25) is 0 Å². The van der Waals surface area contributed by atoms with Crippen LogP contribution in [0.15, 0.2) is 34.1 Å². The molecule has 1 aromatic heterocycles. The summed E-state index contributed by atoms with van der Waals surface area (Å²) < 4.78 is 14.2. The molecule has 1 heterocycles. The number of benzene rings is 1. The fourth-order valence-electron chi connectivity index (χ4n) is 1.55. The van der Waals surface area contributed by atoms with Crippen molar-refractivity contribution < 1.29 is 4.39 Å². The van der Waals surface area contributed by atoms with E-state index in [1.54, 1.807) is 0 Å². The fraction of sp³-hybridized carbons (Fsp3) is 0.0909. The number of hydrazine groups is 1. The summed E-state index contributed by atoms with van der Waals surface area (Å²) in [7, 11) is 0. The lowest BCUT2D eigenvalue weighted by atomic mass is 10.1. The van der Waals surface area contributed by atoms with Gasteiger partial charge in [0, 0.05) is 14.4 Å². The Balaban J connectivity index is 2.49. The van der Waals surface area contributed by atoms with Crippen molar-refractivity contribution >= 4 is 38.9 Å². The van der Waals surface area contributed by atoms with E-state index in [0.717, 1.165) is 9.35 Å². The zero-order chi connectivity index (χ0) is 12.4. The molecule has 2 nitrogen and oxygen atoms in total. The van der Waals surface area contributed by atoms with Gasteiger partial charge in [0.1, 0.15) is 5.82 Å². The van der Waals surface area contributed by atoms with E-state index in [1.165, 1.54) is 29.5 Å². The van der Waals surface area contributed by atoms with Crippen molar-refractivity contribution in [3.63, 3.8) is 0 Å². The summed E-state index contributed by atoms with van der Waals surface area (Å²) in [6.45, 7) is 0. The van der Waals surface area contributed by atoms with E-state index < -0.39 is 0 Å². The quantitative estimate of drug-likeness (QED) is 0.660. The molecule has 3 N–H and O–H groups in total. The van der Waals surface area contributed by atoms with E-state index in [-0.39, 0.29) is 11.9 Å². The predicted octanol–water partition coefficient (Wildman–Crippen LogP) is 3.86. The highest BCUT2D eigenvalue weighted by Gasteiger charge is 2.19. The molecule has 0 radical (unpaired) electrons. The van der Waals surface area contributed by atoms with Crippen LogP contribution in [-0.2, 0) is 0 Å². The van der Waals surface area contributed by atoms with Crippen molar-refractivity contribution in [3.05, 3.63) is 55.4 Å². The molecule has 0 bridgehead atoms. The number of nitrogens with one attached hydrogen (secondary N) is 1. The number of halogens is 3. The summed E-state index contributed by atoms with van der Waals surface area (Å²) in [5.74, 6) is 5.20. The van der Waals surface area contributed by atoms with E-state index in [4.69, 9.17) is 17.4 Å². The van der Waals surface area contributed by atoms with Crippen molar-refractivity contribution in [2.45, 2.75) is 6.04 Å². The predicted molar refractivity (Wildman–Crippen MR) is 72.6 cm³/mol. The van der Waals surface area contributed by atoms with Gasteiger partial charge in [0.15, 0.2) is 0 Å². The SMILES string of the molecule is NNC(c1cc(F)ccc1Cl)c1sccc1Br. The third-order valence-corrected chi connectivity index (χ3v) is 4.62. The molecule has 0 saturated carbocycles. The maximum Gasteiger partial charge on any atom is 0.123 e. The average molecular weight is 336 g/mol. The standard InChI is InChI=1S/C11H9BrClFN2S/c12-8-3-4-17-11(8)10(16-15)7-5-6(14)1-2-9(7)13/h1-5,10,16H,15H2. The van der Waals surface area contributed by atoms with Gasteiger partial charge in [0.25, 0.3) is 0 Å². The van der Waals surface area contributed by atoms with Crippen molar-refractivity contribution in [2.24, 2.45) is 5.84 Å². The molecule has 0 spiro atoms. The Labute approximate surface area is 116 Å². The Morgan fingerprint density at radius 1 is 1.41 bits per heavy atom. The Kier molecular flexibility index (Phi) is 4.17. The highest BCUT2D eigenvalue weighted by molar-refractivity contribution is 9.10. The van der Waals surface area contributed by atoms with Crippen LogP contribution >= 0.6 is 38.9 Å². The van der Waals surface area contributed by atoms with Gasteiger partial charge >= 0.3 is 0 Å². The minimum atomic E-state index is -0.336. The van der Waals surface area contributed by atoms with Crippen molar-refractivity contribution in [1.82, 2.24) is 5.43 Å². The molecule has 1 atom stereocenters. The van der Waals surface area contributed by atoms with E-state index in [0.29, 0.717) is 10.6 Å². The topological polar surface area (TPSA) is 38.0 Å². The number of rotatable bonds is 3. The maximum absolute atomic E-state index is 13.3. The van der Waals surface area contributed by atoms with Gasteiger partial charge in [0.05, 0.1) is 6.04 Å². The normalized spacial score (nSPS) is 12.7. The zero-order valence-electron chi connectivity index (χ0n) is 8.58. The molecule has 17 heavy (non-hydrogen) atoms. The molecule has 0 aliphatic rings. The number of hydrogen-bond acceptors (Lipinski definition) is 3. The van der Waals surface area contributed by atoms with E-state index in [2.05, 4.69) is 21.4 Å². The average Bonchev–Trinajstić information content (AvgIpc) is 2.71. The first kappa shape index (κ1) is 13.0. The van der Waals surface area contributed by atoms with E-state index in [1.807, 2.05) is 11.4 Å². The fourth-order valence-corrected chi connectivity index (χ4v) is 3.46. The van der Waals surface area contributed by atoms with Crippen LogP contribution < -0.4 is 11.3 Å². The molecule has 2 aromatic rings. The summed E-state index contributed by atoms with van der Waals surface area (Å²) in [4.78, 5) is 0.958. The summed E-state index contributed by atoms with van der Waals surface area (Å²) in [6.07, 6.45) is 0. The summed E-state index contributed by atoms with van der Waals surface area (Å²) in [5, 5.41) is 2.41. The second kappa shape index (κ2) is 5.46. The Morgan fingerprint density at radius 2 is 2.18 bits per heavy atom. The van der Waals surface area contributed by atoms with Crippen molar-refractivity contribution in [3.8, 4) is 0 Å². The minimum Gasteiger partial charge on any atom is -0.271 e. The van der Waals surface area contributed by atoms with E-state index in [9.17, 15) is 4.39 Å². The van der Waals surface area contributed by atoms with Crippen LogP contribution in [-0.4, -0.2) is 0 Å². The first-order valence-corrected chi connectivity index (χ1v) is 6.82. The molecule has 2 rings (SSSR count). The second-order valence-electron chi connectivity index (χ2n) is 3.40. The number of nitrogens with two attached hydrogens (primary N) is 1. The molecule has 0 aliphatic heterocycles. The molecule has 0 fully saturated rings. The summed E-state index contributed by atoms with van der Waals surface area (Å²) >= 11 is 11.0. The van der Waals surface area contributed by atoms with Gasteiger partial charge < -0.3 is 0 Å². The lowest BCUT2D eigenvalue weighted by Crippen LogP contribution is -2.28. The van der Waals surface area contributed by atoms with Crippen LogP contribution in [0.25, 0.3) is 0 Å². The molecule has 0 saturated heterocycles. The lowest BCUT2D eigenvalue weighted by Gasteiger charge is -2.17. The van der Waals surface area contributed by atoms with Crippen LogP contribution in [0.2, 0.25) is 5.02 Å². The molecule has 6 heteroatoms. The minimum absolute atomic E-state index is 0.326. The number of thiophene rings is 1. The van der Waals surface area contributed by atoms with Gasteiger partial charge in [-0.15, -0.1) is 11.3 Å². The summed E-state index contributed by atoms with van der Waals surface area (Å²) in [6, 6.07) is 5.82.